The number of nitrogens with zero attached hydrogens (tertiary/aromatic N) is 1. The number of benzene rings is 5. The third-order valence-corrected chi connectivity index (χ3v) is 9.18. The lowest BCUT2D eigenvalue weighted by Gasteiger charge is -2.40. The van der Waals surface area contributed by atoms with Crippen LogP contribution in [0.3, 0.4) is 0 Å². The predicted octanol–water partition coefficient (Wildman–Crippen LogP) is 8.04. The molecule has 2 atom stereocenters. The minimum absolute atomic E-state index is 0.00222. The lowest BCUT2D eigenvalue weighted by molar-refractivity contribution is 0.246. The van der Waals surface area contributed by atoms with Crippen LogP contribution in [0.25, 0.3) is 38.6 Å². The van der Waals surface area contributed by atoms with E-state index in [1.807, 2.05) is 0 Å². The second kappa shape index (κ2) is 8.77. The Morgan fingerprint density at radius 1 is 0.643 bits per heavy atom. The Kier molecular flexibility index (Phi) is 4.95. The number of rotatable bonds is 2. The molecule has 5 aromatic carbocycles. The average molecular weight is 541 g/mol. The zero-order chi connectivity index (χ0) is 27.9. The van der Waals surface area contributed by atoms with Gasteiger partial charge in [0, 0.05) is 27.7 Å². The number of allylic oxidation sites excluding steroid dienone is 2. The highest BCUT2D eigenvalue weighted by molar-refractivity contribution is 6.89. The summed E-state index contributed by atoms with van der Waals surface area (Å²) in [6, 6.07) is 35.2. The molecule has 3 heterocycles. The van der Waals surface area contributed by atoms with E-state index < -0.39 is 0 Å². The van der Waals surface area contributed by atoms with Gasteiger partial charge in [-0.2, -0.15) is 0 Å². The van der Waals surface area contributed by atoms with Crippen molar-refractivity contribution in [3.8, 4) is 34.1 Å². The summed E-state index contributed by atoms with van der Waals surface area (Å²) in [5.41, 5.74) is 10.7. The topological polar surface area (TPSA) is 23.4 Å². The molecule has 0 N–H and O–H groups in total. The van der Waals surface area contributed by atoms with Gasteiger partial charge in [-0.1, -0.05) is 71.8 Å². The van der Waals surface area contributed by atoms with Gasteiger partial charge < -0.3 is 14.0 Å². The molecule has 2 aliphatic heterocycles. The van der Waals surface area contributed by atoms with E-state index in [4.69, 9.17) is 9.47 Å². The van der Waals surface area contributed by atoms with Gasteiger partial charge in [0.1, 0.15) is 23.4 Å². The number of fused-ring (bicyclic) bond motifs is 7. The van der Waals surface area contributed by atoms with Crippen LogP contribution >= 0.6 is 0 Å². The van der Waals surface area contributed by atoms with Gasteiger partial charge in [0.25, 0.3) is 0 Å². The second-order valence-electron chi connectivity index (χ2n) is 11.9. The van der Waals surface area contributed by atoms with Crippen molar-refractivity contribution >= 4 is 39.4 Å². The van der Waals surface area contributed by atoms with Crippen LogP contribution in [-0.2, 0) is 0 Å². The number of hydrogen-bond acceptors (Lipinski definition) is 2. The number of hydrogen-bond donors (Lipinski definition) is 0. The van der Waals surface area contributed by atoms with Crippen LogP contribution < -0.4 is 20.4 Å². The molecule has 1 aliphatic carbocycles. The molecule has 4 heteroatoms. The van der Waals surface area contributed by atoms with Gasteiger partial charge in [0.05, 0.1) is 11.0 Å². The summed E-state index contributed by atoms with van der Waals surface area (Å²) in [4.78, 5) is 0. The monoisotopic (exact) mass is 541 g/mol. The van der Waals surface area contributed by atoms with Gasteiger partial charge in [0.2, 0.25) is 6.71 Å². The van der Waals surface area contributed by atoms with Crippen LogP contribution in [0.5, 0.6) is 17.2 Å². The number of aromatic nitrogens is 1. The van der Waals surface area contributed by atoms with E-state index in [9.17, 15) is 0 Å². The van der Waals surface area contributed by atoms with Crippen molar-refractivity contribution in [2.45, 2.75) is 25.8 Å². The molecular weight excluding hydrogens is 513 g/mol. The fourth-order valence-corrected chi connectivity index (χ4v) is 7.28. The summed E-state index contributed by atoms with van der Waals surface area (Å²) >= 11 is 0. The van der Waals surface area contributed by atoms with Crippen LogP contribution in [0.1, 0.15) is 11.1 Å². The molecule has 1 aromatic heterocycles. The lowest BCUT2D eigenvalue weighted by Crippen LogP contribution is -2.56. The van der Waals surface area contributed by atoms with Gasteiger partial charge in [0.15, 0.2) is 0 Å². The molecule has 9 rings (SSSR count). The zero-order valence-corrected chi connectivity index (χ0v) is 23.5. The predicted molar refractivity (Wildman–Crippen MR) is 174 cm³/mol. The highest BCUT2D eigenvalue weighted by atomic mass is 16.5. The first-order chi connectivity index (χ1) is 20.6. The van der Waals surface area contributed by atoms with Crippen LogP contribution in [-0.4, -0.2) is 17.4 Å². The Morgan fingerprint density at radius 3 is 2.19 bits per heavy atom. The average Bonchev–Trinajstić information content (AvgIpc) is 3.33. The number of para-hydroxylation sites is 1. The van der Waals surface area contributed by atoms with E-state index in [1.54, 1.807) is 0 Å². The smallest absolute Gasteiger partial charge is 0.234 e. The van der Waals surface area contributed by atoms with Gasteiger partial charge in [-0.25, -0.2) is 0 Å². The molecule has 200 valence electrons. The third kappa shape index (κ3) is 3.42. The molecule has 0 bridgehead atoms. The number of ether oxygens (including phenoxy) is 2. The first-order valence-corrected chi connectivity index (χ1v) is 14.7. The van der Waals surface area contributed by atoms with E-state index in [1.165, 1.54) is 38.4 Å². The fourth-order valence-electron chi connectivity index (χ4n) is 7.28. The Labute approximate surface area is 245 Å². The molecule has 0 radical (unpaired) electrons. The number of aryl methyl sites for hydroxylation is 2. The Bertz CT molecular complexity index is 2090. The molecule has 3 aliphatic rings. The van der Waals surface area contributed by atoms with E-state index in [-0.39, 0.29) is 18.6 Å². The van der Waals surface area contributed by atoms with Crippen molar-refractivity contribution in [3.63, 3.8) is 0 Å². The maximum absolute atomic E-state index is 6.68. The van der Waals surface area contributed by atoms with E-state index >= 15 is 0 Å². The molecule has 2 unspecified atom stereocenters. The maximum Gasteiger partial charge on any atom is 0.234 e. The quantitative estimate of drug-likeness (QED) is 0.207. The van der Waals surface area contributed by atoms with Gasteiger partial charge in [-0.05, 0) is 91.1 Å². The standard InChI is InChI=1S/C38H28BNO2/c1-23-14-16-32-28(18-23)29-19-24(2)15-17-33(29)40(32)27-9-7-8-25(20-27)26-21-36-38-37(22-26)42-35-13-6-4-11-31(35)39(38)30-10-3-5-12-34(30)41-36/h3-22,30,34H,1-2H3. The summed E-state index contributed by atoms with van der Waals surface area (Å²) in [5, 5.41) is 2.57. The van der Waals surface area contributed by atoms with Gasteiger partial charge >= 0.3 is 0 Å². The van der Waals surface area contributed by atoms with Crippen molar-refractivity contribution < 1.29 is 9.47 Å². The molecular formula is C38H28BNO2. The molecule has 42 heavy (non-hydrogen) atoms. The third-order valence-electron chi connectivity index (χ3n) is 9.18. The zero-order valence-electron chi connectivity index (χ0n) is 23.5. The fraction of sp³-hybridized carbons (Fsp3) is 0.105. The molecule has 0 saturated carbocycles. The van der Waals surface area contributed by atoms with Crippen LogP contribution in [0.15, 0.2) is 121 Å². The largest absolute Gasteiger partial charge is 0.487 e. The van der Waals surface area contributed by atoms with Crippen LogP contribution in [0.4, 0.5) is 0 Å². The van der Waals surface area contributed by atoms with Gasteiger partial charge in [-0.15, -0.1) is 0 Å². The highest BCUT2D eigenvalue weighted by Crippen LogP contribution is 2.42. The summed E-state index contributed by atoms with van der Waals surface area (Å²) in [5.74, 6) is 2.98. The minimum atomic E-state index is -0.00222. The summed E-state index contributed by atoms with van der Waals surface area (Å²) in [7, 11) is 0. The highest BCUT2D eigenvalue weighted by Gasteiger charge is 2.45. The van der Waals surface area contributed by atoms with Crippen molar-refractivity contribution in [3.05, 3.63) is 132 Å². The minimum Gasteiger partial charge on any atom is -0.487 e. The first kappa shape index (κ1) is 23.7. The van der Waals surface area contributed by atoms with Crippen molar-refractivity contribution in [2.75, 3.05) is 0 Å². The molecule has 0 saturated heterocycles. The van der Waals surface area contributed by atoms with E-state index in [0.717, 1.165) is 39.5 Å². The normalized spacial score (nSPS) is 17.9. The summed E-state index contributed by atoms with van der Waals surface area (Å²) < 4.78 is 15.6. The maximum atomic E-state index is 6.68. The summed E-state index contributed by atoms with van der Waals surface area (Å²) in [6.45, 7) is 4.52. The Hall–Kier alpha value is -4.96. The summed E-state index contributed by atoms with van der Waals surface area (Å²) in [6.07, 6.45) is 8.71. The molecule has 0 amide bonds. The van der Waals surface area contributed by atoms with Crippen LogP contribution in [0, 0.1) is 13.8 Å². The molecule has 6 aromatic rings. The SMILES string of the molecule is Cc1ccc2c(c1)c1cc(C)ccc1n2-c1cccc(-c2cc3c4c(c2)OC2C=CC=CC2B4c2ccccc2O3)c1. The van der Waals surface area contributed by atoms with E-state index in [2.05, 4.69) is 140 Å². The lowest BCUT2D eigenvalue weighted by atomic mass is 9.30. The van der Waals surface area contributed by atoms with Crippen molar-refractivity contribution in [2.24, 2.45) is 0 Å². The van der Waals surface area contributed by atoms with E-state index in [0.29, 0.717) is 0 Å². The van der Waals surface area contributed by atoms with Crippen LogP contribution in [0.2, 0.25) is 5.82 Å². The Balaban J connectivity index is 1.23. The van der Waals surface area contributed by atoms with Gasteiger partial charge in [-0.3, -0.25) is 0 Å². The van der Waals surface area contributed by atoms with Crippen molar-refractivity contribution in [1.82, 2.24) is 4.57 Å². The Morgan fingerprint density at radius 2 is 1.38 bits per heavy atom. The van der Waals surface area contributed by atoms with Crippen molar-refractivity contribution in [1.29, 1.82) is 0 Å². The molecule has 0 spiro atoms. The first-order valence-electron chi connectivity index (χ1n) is 14.7. The molecule has 0 fully saturated rings. The second-order valence-corrected chi connectivity index (χ2v) is 11.9. The molecule has 3 nitrogen and oxygen atoms in total.